The Morgan fingerprint density at radius 1 is 0.880 bits per heavy atom. The average Bonchev–Trinajstić information content (AvgIpc) is 2.63. The lowest BCUT2D eigenvalue weighted by molar-refractivity contribution is 0.526. The molecule has 2 fully saturated rings. The molecule has 7 heteroatoms. The summed E-state index contributed by atoms with van der Waals surface area (Å²) in [5.74, 6) is 0. The van der Waals surface area contributed by atoms with E-state index in [1.807, 2.05) is 6.07 Å². The summed E-state index contributed by atoms with van der Waals surface area (Å²) in [5.41, 5.74) is 2.79. The first-order valence-electron chi connectivity index (χ1n) is 9.31. The molecule has 2 saturated heterocycles. The summed E-state index contributed by atoms with van der Waals surface area (Å²) in [6, 6.07) is 6.24. The van der Waals surface area contributed by atoms with Gasteiger partial charge in [0, 0.05) is 46.0 Å². The molecule has 2 aliphatic rings. The Morgan fingerprint density at radius 3 is 2.00 bits per heavy atom. The van der Waals surface area contributed by atoms with Crippen molar-refractivity contribution in [2.75, 3.05) is 54.8 Å². The van der Waals surface area contributed by atoms with Crippen LogP contribution < -0.4 is 14.5 Å². The maximum Gasteiger partial charge on any atom is 0.301 e. The van der Waals surface area contributed by atoms with E-state index in [0.29, 0.717) is 5.69 Å². The van der Waals surface area contributed by atoms with Crippen LogP contribution in [0.5, 0.6) is 0 Å². The fraction of sp³-hybridized carbons (Fsp3) is 0.667. The molecule has 6 nitrogen and oxygen atoms in total. The number of benzene rings is 1. The SMILES string of the molecule is CN(C)S(=O)(=O)Nc1cc(N2CCCCC2)ccc1N1CCCCC1. The molecule has 0 spiro atoms. The van der Waals surface area contributed by atoms with E-state index in [9.17, 15) is 8.42 Å². The fourth-order valence-corrected chi connectivity index (χ4v) is 4.22. The lowest BCUT2D eigenvalue weighted by Gasteiger charge is -2.33. The molecule has 1 N–H and O–H groups in total. The number of nitrogens with zero attached hydrogens (tertiary/aromatic N) is 3. The molecule has 1 aromatic carbocycles. The van der Waals surface area contributed by atoms with Crippen LogP contribution in [0, 0.1) is 0 Å². The summed E-state index contributed by atoms with van der Waals surface area (Å²) in [4.78, 5) is 4.66. The third-order valence-electron chi connectivity index (χ3n) is 5.12. The van der Waals surface area contributed by atoms with Gasteiger partial charge >= 0.3 is 10.2 Å². The van der Waals surface area contributed by atoms with Gasteiger partial charge < -0.3 is 9.80 Å². The highest BCUT2D eigenvalue weighted by Crippen LogP contribution is 2.34. The van der Waals surface area contributed by atoms with Crippen LogP contribution in [-0.2, 0) is 10.2 Å². The van der Waals surface area contributed by atoms with Crippen molar-refractivity contribution < 1.29 is 8.42 Å². The van der Waals surface area contributed by atoms with Crippen molar-refractivity contribution in [1.29, 1.82) is 0 Å². The molecule has 0 amide bonds. The van der Waals surface area contributed by atoms with Gasteiger partial charge in [-0.1, -0.05) is 0 Å². The largest absolute Gasteiger partial charge is 0.371 e. The van der Waals surface area contributed by atoms with Gasteiger partial charge in [0.2, 0.25) is 0 Å². The van der Waals surface area contributed by atoms with Gasteiger partial charge in [-0.3, -0.25) is 4.72 Å². The molecule has 2 aliphatic heterocycles. The van der Waals surface area contributed by atoms with Crippen molar-refractivity contribution in [3.63, 3.8) is 0 Å². The molecule has 0 radical (unpaired) electrons. The summed E-state index contributed by atoms with van der Waals surface area (Å²) < 4.78 is 28.8. The van der Waals surface area contributed by atoms with Crippen LogP contribution in [0.25, 0.3) is 0 Å². The maximum absolute atomic E-state index is 12.4. The van der Waals surface area contributed by atoms with Gasteiger partial charge in [0.1, 0.15) is 0 Å². The zero-order chi connectivity index (χ0) is 17.9. The highest BCUT2D eigenvalue weighted by atomic mass is 32.2. The van der Waals surface area contributed by atoms with Gasteiger partial charge in [-0.2, -0.15) is 12.7 Å². The minimum atomic E-state index is -3.52. The first-order chi connectivity index (χ1) is 12.0. The molecule has 1 aromatic rings. The van der Waals surface area contributed by atoms with E-state index in [1.54, 1.807) is 14.1 Å². The second-order valence-corrected chi connectivity index (χ2v) is 9.07. The van der Waals surface area contributed by atoms with Crippen LogP contribution in [0.4, 0.5) is 17.1 Å². The summed E-state index contributed by atoms with van der Waals surface area (Å²) in [6.07, 6.45) is 7.25. The highest BCUT2D eigenvalue weighted by molar-refractivity contribution is 7.90. The number of piperidine rings is 2. The quantitative estimate of drug-likeness (QED) is 0.871. The Kier molecular flexibility index (Phi) is 5.74. The van der Waals surface area contributed by atoms with Gasteiger partial charge in [-0.25, -0.2) is 0 Å². The smallest absolute Gasteiger partial charge is 0.301 e. The van der Waals surface area contributed by atoms with Crippen LogP contribution in [0.2, 0.25) is 0 Å². The zero-order valence-corrected chi connectivity index (χ0v) is 16.2. The van der Waals surface area contributed by atoms with Crippen LogP contribution in [0.3, 0.4) is 0 Å². The number of rotatable bonds is 5. The monoisotopic (exact) mass is 366 g/mol. The molecular formula is C18H30N4O2S. The van der Waals surface area contributed by atoms with E-state index < -0.39 is 10.2 Å². The van der Waals surface area contributed by atoms with E-state index in [0.717, 1.165) is 50.4 Å². The Bertz CT molecular complexity index is 678. The molecule has 3 rings (SSSR count). The Morgan fingerprint density at radius 2 is 1.44 bits per heavy atom. The predicted molar refractivity (Wildman–Crippen MR) is 105 cm³/mol. The standard InChI is InChI=1S/C18H30N4O2S/c1-20(2)25(23,24)19-17-15-16(21-11-5-3-6-12-21)9-10-18(17)22-13-7-4-8-14-22/h9-10,15,19H,3-8,11-14H2,1-2H3. The topological polar surface area (TPSA) is 55.9 Å². The van der Waals surface area contributed by atoms with Crippen molar-refractivity contribution in [3.8, 4) is 0 Å². The lowest BCUT2D eigenvalue weighted by Crippen LogP contribution is -2.33. The van der Waals surface area contributed by atoms with E-state index in [4.69, 9.17) is 0 Å². The minimum absolute atomic E-state index is 0.693. The summed E-state index contributed by atoms with van der Waals surface area (Å²) >= 11 is 0. The van der Waals surface area contributed by atoms with E-state index in [-0.39, 0.29) is 0 Å². The van der Waals surface area contributed by atoms with Crippen molar-refractivity contribution >= 4 is 27.3 Å². The van der Waals surface area contributed by atoms with Gasteiger partial charge in [0.15, 0.2) is 0 Å². The third kappa shape index (κ3) is 4.39. The molecule has 2 heterocycles. The highest BCUT2D eigenvalue weighted by Gasteiger charge is 2.21. The van der Waals surface area contributed by atoms with Gasteiger partial charge in [0.05, 0.1) is 11.4 Å². The first kappa shape index (κ1) is 18.3. The van der Waals surface area contributed by atoms with Crippen molar-refractivity contribution in [2.24, 2.45) is 0 Å². The number of hydrogen-bond acceptors (Lipinski definition) is 4. The maximum atomic E-state index is 12.4. The minimum Gasteiger partial charge on any atom is -0.371 e. The molecule has 0 aromatic heterocycles. The summed E-state index contributed by atoms with van der Waals surface area (Å²) in [5, 5.41) is 0. The zero-order valence-electron chi connectivity index (χ0n) is 15.4. The van der Waals surface area contributed by atoms with Crippen molar-refractivity contribution in [3.05, 3.63) is 18.2 Å². The Balaban J connectivity index is 1.93. The molecule has 25 heavy (non-hydrogen) atoms. The molecule has 140 valence electrons. The first-order valence-corrected chi connectivity index (χ1v) is 10.8. The van der Waals surface area contributed by atoms with Gasteiger partial charge in [0.25, 0.3) is 0 Å². The normalized spacial score (nSPS) is 19.3. The van der Waals surface area contributed by atoms with Crippen LogP contribution in [-0.4, -0.2) is 53.0 Å². The molecular weight excluding hydrogens is 336 g/mol. The van der Waals surface area contributed by atoms with Crippen LogP contribution in [0.15, 0.2) is 18.2 Å². The second kappa shape index (κ2) is 7.83. The summed E-state index contributed by atoms with van der Waals surface area (Å²) in [7, 11) is -0.416. The van der Waals surface area contributed by atoms with Gasteiger partial charge in [-0.05, 0) is 56.7 Å². The molecule has 0 aliphatic carbocycles. The van der Waals surface area contributed by atoms with E-state index in [1.165, 1.54) is 30.0 Å². The Labute approximate surface area is 152 Å². The van der Waals surface area contributed by atoms with Crippen LogP contribution in [0.1, 0.15) is 38.5 Å². The average molecular weight is 367 g/mol. The van der Waals surface area contributed by atoms with Crippen LogP contribution >= 0.6 is 0 Å². The molecule has 0 saturated carbocycles. The molecule has 0 atom stereocenters. The van der Waals surface area contributed by atoms with E-state index in [2.05, 4.69) is 26.7 Å². The molecule has 0 unspecified atom stereocenters. The lowest BCUT2D eigenvalue weighted by atomic mass is 10.1. The number of hydrogen-bond donors (Lipinski definition) is 1. The number of nitrogens with one attached hydrogen (secondary N) is 1. The second-order valence-electron chi connectivity index (χ2n) is 7.19. The third-order valence-corrected chi connectivity index (χ3v) is 6.56. The van der Waals surface area contributed by atoms with Crippen molar-refractivity contribution in [2.45, 2.75) is 38.5 Å². The van der Waals surface area contributed by atoms with E-state index >= 15 is 0 Å². The number of anilines is 3. The van der Waals surface area contributed by atoms with Crippen molar-refractivity contribution in [1.82, 2.24) is 4.31 Å². The summed E-state index contributed by atoms with van der Waals surface area (Å²) in [6.45, 7) is 4.06. The molecule has 0 bridgehead atoms. The Hall–Kier alpha value is -1.47. The predicted octanol–water partition coefficient (Wildman–Crippen LogP) is 2.89. The fourth-order valence-electron chi connectivity index (χ4n) is 3.60. The van der Waals surface area contributed by atoms with Gasteiger partial charge in [-0.15, -0.1) is 0 Å².